The van der Waals surface area contributed by atoms with Crippen LogP contribution in [0.5, 0.6) is 0 Å². The van der Waals surface area contributed by atoms with Gasteiger partial charge in [0.1, 0.15) is 6.26 Å². The molecule has 0 fully saturated rings. The Bertz CT molecular complexity index is 1300. The van der Waals surface area contributed by atoms with Crippen molar-refractivity contribution in [2.75, 3.05) is 0 Å². The lowest BCUT2D eigenvalue weighted by Crippen LogP contribution is -2.27. The average molecular weight is 367 g/mol. The molecule has 0 aromatic carbocycles. The molecule has 0 unspecified atom stereocenters. The van der Waals surface area contributed by atoms with Crippen molar-refractivity contribution in [3.8, 4) is 22.6 Å². The molecule has 0 saturated heterocycles. The van der Waals surface area contributed by atoms with E-state index in [1.165, 1.54) is 0 Å². The Labute approximate surface area is 161 Å². The lowest BCUT2D eigenvalue weighted by Gasteiger charge is -2.04. The van der Waals surface area contributed by atoms with Crippen molar-refractivity contribution in [3.63, 3.8) is 0 Å². The largest absolute Gasteiger partial charge is 0.445 e. The smallest absolute Gasteiger partial charge is 0.225 e. The summed E-state index contributed by atoms with van der Waals surface area (Å²) in [5.41, 5.74) is 5.34. The van der Waals surface area contributed by atoms with Crippen molar-refractivity contribution in [1.82, 2.24) is 25.1 Å². The normalized spacial score (nSPS) is 13.1. The molecule has 0 atom stereocenters. The molecule has 4 heterocycles. The van der Waals surface area contributed by atoms with Gasteiger partial charge in [0.25, 0.3) is 0 Å². The van der Waals surface area contributed by atoms with Crippen molar-refractivity contribution < 1.29 is 4.42 Å². The van der Waals surface area contributed by atoms with Gasteiger partial charge in [-0.2, -0.15) is 5.10 Å². The summed E-state index contributed by atoms with van der Waals surface area (Å²) in [6, 6.07) is 10.0. The van der Waals surface area contributed by atoms with Crippen LogP contribution in [0.4, 0.5) is 0 Å². The van der Waals surface area contributed by atoms with Crippen LogP contribution in [0.15, 0.2) is 59.5 Å². The van der Waals surface area contributed by atoms with Gasteiger partial charge in [0.05, 0.1) is 34.8 Å². The van der Waals surface area contributed by atoms with E-state index in [4.69, 9.17) is 9.40 Å². The third-order valence-electron chi connectivity index (χ3n) is 4.66. The van der Waals surface area contributed by atoms with E-state index in [-0.39, 0.29) is 0 Å². The number of fused-ring (bicyclic) bond motifs is 1. The Morgan fingerprint density at radius 3 is 2.86 bits per heavy atom. The molecular formula is C22H17N5O. The molecule has 1 aliphatic rings. The number of aryl methyl sites for hydroxylation is 1. The lowest BCUT2D eigenvalue weighted by molar-refractivity contribution is 0.544. The van der Waals surface area contributed by atoms with Crippen LogP contribution in [-0.2, 0) is 0 Å². The molecule has 136 valence electrons. The van der Waals surface area contributed by atoms with E-state index in [0.717, 1.165) is 50.9 Å². The van der Waals surface area contributed by atoms with Crippen LogP contribution >= 0.6 is 0 Å². The van der Waals surface area contributed by atoms with Crippen molar-refractivity contribution in [2.24, 2.45) is 0 Å². The molecule has 4 aromatic rings. The molecule has 0 bridgehead atoms. The van der Waals surface area contributed by atoms with Crippen LogP contribution in [0.1, 0.15) is 18.0 Å². The Morgan fingerprint density at radius 2 is 2.00 bits per heavy atom. The first kappa shape index (κ1) is 16.4. The average Bonchev–Trinajstić information content (AvgIpc) is 3.36. The quantitative estimate of drug-likeness (QED) is 0.602. The standard InChI is InChI=1S/C22H17N5O/c1-14-4-2-7-19(25-14)21-17(13-24-27-21)18-9-8-15-5-3-6-16(12-20(15)26-18)22-23-10-11-28-22/h2,4-13H,3H2,1H3,(H,24,27). The molecule has 28 heavy (non-hydrogen) atoms. The minimum absolute atomic E-state index is 0.599. The number of pyridine rings is 2. The Kier molecular flexibility index (Phi) is 3.94. The number of H-pyrrole nitrogens is 1. The maximum absolute atomic E-state index is 5.46. The topological polar surface area (TPSA) is 80.5 Å². The Morgan fingerprint density at radius 1 is 1.04 bits per heavy atom. The second kappa shape index (κ2) is 6.74. The van der Waals surface area contributed by atoms with Gasteiger partial charge in [0, 0.05) is 16.8 Å². The second-order valence-corrected chi connectivity index (χ2v) is 6.57. The zero-order chi connectivity index (χ0) is 18.9. The first-order valence-corrected chi connectivity index (χ1v) is 9.05. The molecule has 6 nitrogen and oxygen atoms in total. The van der Waals surface area contributed by atoms with Crippen LogP contribution in [0.25, 0.3) is 40.4 Å². The molecule has 0 spiro atoms. The minimum atomic E-state index is 0.599. The number of oxazole rings is 1. The summed E-state index contributed by atoms with van der Waals surface area (Å²) in [5.74, 6) is 0.599. The fourth-order valence-corrected chi connectivity index (χ4v) is 3.32. The van der Waals surface area contributed by atoms with Gasteiger partial charge in [-0.3, -0.25) is 10.1 Å². The van der Waals surface area contributed by atoms with Gasteiger partial charge in [0.2, 0.25) is 5.89 Å². The number of hydrogen-bond donors (Lipinski definition) is 1. The molecule has 6 heteroatoms. The number of hydrogen-bond acceptors (Lipinski definition) is 5. The first-order valence-electron chi connectivity index (χ1n) is 9.05. The molecular weight excluding hydrogens is 350 g/mol. The summed E-state index contributed by atoms with van der Waals surface area (Å²) in [4.78, 5) is 13.8. The number of aromatic nitrogens is 5. The predicted molar refractivity (Wildman–Crippen MR) is 107 cm³/mol. The maximum Gasteiger partial charge on any atom is 0.225 e. The summed E-state index contributed by atoms with van der Waals surface area (Å²) in [5, 5.41) is 9.26. The molecule has 4 aromatic heterocycles. The van der Waals surface area contributed by atoms with Gasteiger partial charge < -0.3 is 4.42 Å². The lowest BCUT2D eigenvalue weighted by atomic mass is 10.1. The van der Waals surface area contributed by atoms with Gasteiger partial charge in [0.15, 0.2) is 0 Å². The number of nitrogens with zero attached hydrogens (tertiary/aromatic N) is 4. The van der Waals surface area contributed by atoms with Crippen LogP contribution in [0.2, 0.25) is 0 Å². The van der Waals surface area contributed by atoms with Gasteiger partial charge in [-0.15, -0.1) is 0 Å². The fraction of sp³-hybridized carbons (Fsp3) is 0.0909. The fourth-order valence-electron chi connectivity index (χ4n) is 3.32. The highest BCUT2D eigenvalue weighted by Crippen LogP contribution is 2.27. The van der Waals surface area contributed by atoms with Crippen LogP contribution in [0, 0.1) is 6.92 Å². The molecule has 0 aliphatic heterocycles. The molecule has 0 amide bonds. The highest BCUT2D eigenvalue weighted by atomic mass is 16.3. The monoisotopic (exact) mass is 367 g/mol. The van der Waals surface area contributed by atoms with Crippen molar-refractivity contribution in [1.29, 1.82) is 0 Å². The Balaban J connectivity index is 1.64. The minimum Gasteiger partial charge on any atom is -0.445 e. The first-order chi connectivity index (χ1) is 13.8. The van der Waals surface area contributed by atoms with E-state index in [9.17, 15) is 0 Å². The van der Waals surface area contributed by atoms with Crippen LogP contribution in [-0.4, -0.2) is 25.1 Å². The van der Waals surface area contributed by atoms with E-state index >= 15 is 0 Å². The number of allylic oxidation sites excluding steroid dienone is 2. The summed E-state index contributed by atoms with van der Waals surface area (Å²) in [7, 11) is 0. The van der Waals surface area contributed by atoms with Crippen molar-refractivity contribution >= 4 is 17.7 Å². The molecule has 0 saturated carbocycles. The number of rotatable bonds is 3. The van der Waals surface area contributed by atoms with Crippen LogP contribution in [0.3, 0.4) is 0 Å². The third-order valence-corrected chi connectivity index (χ3v) is 4.66. The predicted octanol–water partition coefficient (Wildman–Crippen LogP) is 2.88. The highest BCUT2D eigenvalue weighted by molar-refractivity contribution is 5.85. The van der Waals surface area contributed by atoms with Gasteiger partial charge in [-0.05, 0) is 42.8 Å². The molecule has 1 N–H and O–H groups in total. The second-order valence-electron chi connectivity index (χ2n) is 6.57. The number of nitrogens with one attached hydrogen (secondary N) is 1. The molecule has 5 rings (SSSR count). The third kappa shape index (κ3) is 2.95. The zero-order valence-electron chi connectivity index (χ0n) is 15.3. The molecule has 0 radical (unpaired) electrons. The van der Waals surface area contributed by atoms with Crippen LogP contribution < -0.4 is 10.6 Å². The van der Waals surface area contributed by atoms with E-state index in [1.54, 1.807) is 18.7 Å². The van der Waals surface area contributed by atoms with Gasteiger partial charge in [-0.25, -0.2) is 9.97 Å². The number of aromatic amines is 1. The summed E-state index contributed by atoms with van der Waals surface area (Å²) in [6.07, 6.45) is 12.1. The van der Waals surface area contributed by atoms with Gasteiger partial charge in [-0.1, -0.05) is 24.3 Å². The van der Waals surface area contributed by atoms with E-state index in [1.807, 2.05) is 37.3 Å². The van der Waals surface area contributed by atoms with E-state index in [0.29, 0.717) is 5.89 Å². The summed E-state index contributed by atoms with van der Waals surface area (Å²) < 4.78 is 5.46. The molecule has 1 aliphatic carbocycles. The highest BCUT2D eigenvalue weighted by Gasteiger charge is 2.13. The van der Waals surface area contributed by atoms with E-state index in [2.05, 4.69) is 38.4 Å². The summed E-state index contributed by atoms with van der Waals surface area (Å²) >= 11 is 0. The maximum atomic E-state index is 5.46. The van der Waals surface area contributed by atoms with Crippen molar-refractivity contribution in [2.45, 2.75) is 13.3 Å². The summed E-state index contributed by atoms with van der Waals surface area (Å²) in [6.45, 7) is 1.97. The zero-order valence-corrected chi connectivity index (χ0v) is 15.3. The SMILES string of the molecule is Cc1cccc(-c2[nH]ncc2-c2ccc3c(n2)=CC(c2ncco2)=CCC=3)n1. The van der Waals surface area contributed by atoms with E-state index < -0.39 is 0 Å². The van der Waals surface area contributed by atoms with Gasteiger partial charge >= 0.3 is 0 Å². The Hall–Kier alpha value is -3.80. The van der Waals surface area contributed by atoms with Crippen molar-refractivity contribution in [3.05, 3.63) is 77.2 Å².